The Kier molecular flexibility index (Phi) is 25.4. The van der Waals surface area contributed by atoms with Gasteiger partial charge in [0.1, 0.15) is 5.41 Å². The summed E-state index contributed by atoms with van der Waals surface area (Å²) in [5.74, 6) is -3.37. The zero-order valence-corrected chi connectivity index (χ0v) is 35.2. The molecule has 0 aliphatic carbocycles. The van der Waals surface area contributed by atoms with E-state index >= 15 is 0 Å². The Balaban J connectivity index is 6.60. The minimum atomic E-state index is -2.13. The molecule has 0 amide bonds. The summed E-state index contributed by atoms with van der Waals surface area (Å²) < 4.78 is 57.2. The average molecular weight is 723 g/mol. The van der Waals surface area contributed by atoms with E-state index < -0.39 is 29.3 Å². The molecule has 0 rings (SSSR count). The minimum Gasteiger partial charge on any atom is -0.353 e. The van der Waals surface area contributed by atoms with Gasteiger partial charge in [-0.1, -0.05) is 54.9 Å². The van der Waals surface area contributed by atoms with Gasteiger partial charge in [0, 0.05) is 19.6 Å². The molecular formula is C40H82O10. The highest BCUT2D eigenvalue weighted by Crippen LogP contribution is 2.49. The molecule has 302 valence electrons. The van der Waals surface area contributed by atoms with Gasteiger partial charge in [-0.25, -0.2) is 0 Å². The van der Waals surface area contributed by atoms with Crippen molar-refractivity contribution in [2.24, 2.45) is 17.3 Å². The Morgan fingerprint density at radius 3 is 1.76 bits per heavy atom. The predicted molar refractivity (Wildman–Crippen MR) is 201 cm³/mol. The van der Waals surface area contributed by atoms with Crippen molar-refractivity contribution < 1.29 is 47.7 Å². The molecule has 0 aromatic carbocycles. The van der Waals surface area contributed by atoms with Gasteiger partial charge >= 0.3 is 0 Å². The topological polar surface area (TPSA) is 103 Å². The highest BCUT2D eigenvalue weighted by Gasteiger charge is 2.64. The molecule has 0 fully saturated rings. The normalized spacial score (nSPS) is 17.3. The van der Waals surface area contributed by atoms with E-state index in [1.54, 1.807) is 0 Å². The van der Waals surface area contributed by atoms with Gasteiger partial charge in [-0.2, -0.15) is 0 Å². The van der Waals surface area contributed by atoms with E-state index in [4.69, 9.17) is 42.6 Å². The summed E-state index contributed by atoms with van der Waals surface area (Å²) in [6, 6.07) is 0. The molecule has 0 radical (unpaired) electrons. The molecule has 0 aliphatic rings. The van der Waals surface area contributed by atoms with Crippen LogP contribution >= 0.6 is 0 Å². The lowest BCUT2D eigenvalue weighted by atomic mass is 9.85. The number of hydrogen-bond acceptors (Lipinski definition) is 10. The molecule has 0 saturated heterocycles. The largest absolute Gasteiger partial charge is 0.353 e. The molecular weight excluding hydrogens is 640 g/mol. The fourth-order valence-electron chi connectivity index (χ4n) is 4.85. The van der Waals surface area contributed by atoms with E-state index in [1.807, 2.05) is 55.4 Å². The van der Waals surface area contributed by atoms with Gasteiger partial charge in [-0.3, -0.25) is 0 Å². The lowest BCUT2D eigenvalue weighted by molar-refractivity contribution is -0.523. The van der Waals surface area contributed by atoms with E-state index in [0.29, 0.717) is 51.6 Å². The van der Waals surface area contributed by atoms with E-state index in [1.165, 1.54) is 0 Å². The Hall–Kier alpha value is -0.400. The lowest BCUT2D eigenvalue weighted by Crippen LogP contribution is -2.66. The van der Waals surface area contributed by atoms with Gasteiger partial charge in [0.05, 0.1) is 44.2 Å². The monoisotopic (exact) mass is 723 g/mol. The molecule has 0 spiro atoms. The van der Waals surface area contributed by atoms with Crippen molar-refractivity contribution in [2.45, 2.75) is 204 Å². The Morgan fingerprint density at radius 2 is 1.22 bits per heavy atom. The van der Waals surface area contributed by atoms with Crippen molar-refractivity contribution in [3.63, 3.8) is 0 Å². The maximum absolute atomic E-state index is 12.5. The second kappa shape index (κ2) is 25.6. The first-order valence-corrected chi connectivity index (χ1v) is 19.9. The van der Waals surface area contributed by atoms with E-state index in [0.717, 1.165) is 38.5 Å². The van der Waals surface area contributed by atoms with Crippen molar-refractivity contribution in [3.8, 4) is 0 Å². The molecule has 5 atom stereocenters. The molecule has 10 heteroatoms. The van der Waals surface area contributed by atoms with Crippen molar-refractivity contribution in [1.82, 2.24) is 0 Å². The van der Waals surface area contributed by atoms with Crippen LogP contribution in [-0.4, -0.2) is 87.1 Å². The van der Waals surface area contributed by atoms with E-state index in [2.05, 4.69) is 48.5 Å². The Morgan fingerprint density at radius 1 is 0.600 bits per heavy atom. The first kappa shape index (κ1) is 49.6. The van der Waals surface area contributed by atoms with Crippen LogP contribution in [0.3, 0.4) is 0 Å². The predicted octanol–water partition coefficient (Wildman–Crippen LogP) is 9.59. The molecule has 0 saturated carbocycles. The first-order valence-electron chi connectivity index (χ1n) is 19.9. The minimum absolute atomic E-state index is 0.0237. The summed E-state index contributed by atoms with van der Waals surface area (Å²) in [5.41, 5.74) is -2.11. The second-order valence-corrected chi connectivity index (χ2v) is 15.8. The summed E-state index contributed by atoms with van der Waals surface area (Å²) in [4.78, 5) is 0. The van der Waals surface area contributed by atoms with Crippen LogP contribution < -0.4 is 0 Å². The van der Waals surface area contributed by atoms with E-state index in [9.17, 15) is 5.11 Å². The molecule has 0 heterocycles. The zero-order valence-electron chi connectivity index (χ0n) is 35.2. The fourth-order valence-corrected chi connectivity index (χ4v) is 4.85. The molecule has 1 N–H and O–H groups in total. The fraction of sp³-hybridized carbons (Fsp3) is 1.00. The first-order chi connectivity index (χ1) is 23.3. The third-order valence-corrected chi connectivity index (χ3v) is 8.73. The Labute approximate surface area is 308 Å². The molecule has 10 nitrogen and oxygen atoms in total. The van der Waals surface area contributed by atoms with Crippen LogP contribution in [0.25, 0.3) is 0 Å². The van der Waals surface area contributed by atoms with Crippen LogP contribution in [0, 0.1) is 17.3 Å². The third-order valence-electron chi connectivity index (χ3n) is 8.73. The molecule has 0 aromatic rings. The SMILES string of the molecule is CCCCOC(CCCCOC(OCCC(OCC)OC(C)C)(OCC(C)C)C(C)(C)C(O)(OCCC(C)C)OC(C)(C)CC)OC(C)CC. The summed E-state index contributed by atoms with van der Waals surface area (Å²) in [5, 5.41) is 12.5. The van der Waals surface area contributed by atoms with Crippen molar-refractivity contribution in [1.29, 1.82) is 0 Å². The summed E-state index contributed by atoms with van der Waals surface area (Å²) in [6.07, 6.45) is 6.37. The van der Waals surface area contributed by atoms with Gasteiger partial charge < -0.3 is 47.7 Å². The Bertz CT molecular complexity index is 820. The van der Waals surface area contributed by atoms with Crippen LogP contribution in [0.1, 0.15) is 162 Å². The number of rotatable bonds is 33. The van der Waals surface area contributed by atoms with Crippen LogP contribution in [-0.2, 0) is 42.6 Å². The van der Waals surface area contributed by atoms with Gasteiger partial charge in [-0.15, -0.1) is 0 Å². The van der Waals surface area contributed by atoms with Crippen molar-refractivity contribution in [3.05, 3.63) is 0 Å². The standard InChI is InChI=1S/C40H82O10/c1-16-20-26-43-35(49-34(11)17-2)23-21-22-27-45-40(47-30-32(7)8,46-29-25-36(42-19-4)48-33(9)10)38(14,15)39(41,44-28-24-31(5)6)50-37(12,13)18-3/h31-36,41H,16-30H2,1-15H3. The number of aliphatic hydroxyl groups is 1. The number of hydrogen-bond donors (Lipinski definition) is 1. The van der Waals surface area contributed by atoms with Crippen molar-refractivity contribution >= 4 is 0 Å². The quantitative estimate of drug-likeness (QED) is 0.0520. The lowest BCUT2D eigenvalue weighted by Gasteiger charge is -2.53. The van der Waals surface area contributed by atoms with Gasteiger partial charge in [0.2, 0.25) is 0 Å². The zero-order chi connectivity index (χ0) is 38.4. The summed E-state index contributed by atoms with van der Waals surface area (Å²) >= 11 is 0. The number of unbranched alkanes of at least 4 members (excludes halogenated alkanes) is 2. The molecule has 5 unspecified atom stereocenters. The van der Waals surface area contributed by atoms with Gasteiger partial charge in [0.25, 0.3) is 11.9 Å². The highest BCUT2D eigenvalue weighted by atomic mass is 16.9. The average Bonchev–Trinajstić information content (AvgIpc) is 3.02. The summed E-state index contributed by atoms with van der Waals surface area (Å²) in [7, 11) is 0. The van der Waals surface area contributed by atoms with Crippen LogP contribution in [0.2, 0.25) is 0 Å². The maximum Gasteiger partial charge on any atom is 0.296 e. The highest BCUT2D eigenvalue weighted by molar-refractivity contribution is 4.91. The molecule has 50 heavy (non-hydrogen) atoms. The van der Waals surface area contributed by atoms with Crippen molar-refractivity contribution in [2.75, 3.05) is 39.6 Å². The molecule has 0 bridgehead atoms. The second-order valence-electron chi connectivity index (χ2n) is 15.8. The van der Waals surface area contributed by atoms with Crippen LogP contribution in [0.15, 0.2) is 0 Å². The van der Waals surface area contributed by atoms with Gasteiger partial charge in [-0.05, 0) is 112 Å². The summed E-state index contributed by atoms with van der Waals surface area (Å²) in [6.45, 7) is 32.4. The maximum atomic E-state index is 12.5. The molecule has 0 aromatic heterocycles. The van der Waals surface area contributed by atoms with Crippen LogP contribution in [0.4, 0.5) is 0 Å². The smallest absolute Gasteiger partial charge is 0.296 e. The third kappa shape index (κ3) is 19.1. The van der Waals surface area contributed by atoms with Crippen LogP contribution in [0.5, 0.6) is 0 Å². The number of ether oxygens (including phenoxy) is 9. The van der Waals surface area contributed by atoms with Gasteiger partial charge in [0.15, 0.2) is 12.6 Å². The van der Waals surface area contributed by atoms with E-state index in [-0.39, 0.29) is 37.6 Å². The molecule has 0 aliphatic heterocycles.